The standard InChI is InChI=1S/C53H97N2O6P/c1-6-8-10-12-14-16-18-20-22-24-26-27-29-30-32-34-36-38-40-42-44-46-52(56)51(50-61-62(58,59)60-49-48-55(3,4)5)54-53(57)47-45-43-41-39-37-35-33-31-28-25-23-21-19-17-15-13-11-9-7-2/h9,11,15,17,21,23,28,31,35,37,41,43,51-52,56H,6-8,10,12-14,16,18-20,22,24-27,29-30,32-34,36,38-40,42,44-50H2,1-5H3,(H-,54,57,58,59)/b11-9-,17-15-,23-21-,31-28-,37-35-,43-41-. The average molecular weight is 889 g/mol. The van der Waals surface area contributed by atoms with Crippen LogP contribution in [0.2, 0.25) is 0 Å². The van der Waals surface area contributed by atoms with Gasteiger partial charge in [0.25, 0.3) is 7.82 Å². The lowest BCUT2D eigenvalue weighted by atomic mass is 10.0. The summed E-state index contributed by atoms with van der Waals surface area (Å²) in [5, 5.41) is 13.9. The van der Waals surface area contributed by atoms with Crippen molar-refractivity contribution in [2.45, 2.75) is 219 Å². The summed E-state index contributed by atoms with van der Waals surface area (Å²) in [4.78, 5) is 25.4. The molecule has 0 radical (unpaired) electrons. The fraction of sp³-hybridized carbons (Fsp3) is 0.755. The average Bonchev–Trinajstić information content (AvgIpc) is 3.23. The second-order valence-corrected chi connectivity index (χ2v) is 19.6. The van der Waals surface area contributed by atoms with Crippen LogP contribution in [-0.2, 0) is 18.4 Å². The molecule has 0 aliphatic carbocycles. The summed E-state index contributed by atoms with van der Waals surface area (Å²) in [6.45, 7) is 4.55. The molecule has 0 fully saturated rings. The van der Waals surface area contributed by atoms with Crippen LogP contribution < -0.4 is 10.2 Å². The number of aliphatic hydroxyl groups excluding tert-OH is 1. The molecule has 0 aromatic rings. The Labute approximate surface area is 383 Å². The number of hydrogen-bond acceptors (Lipinski definition) is 6. The molecule has 9 heteroatoms. The molecule has 0 saturated heterocycles. The van der Waals surface area contributed by atoms with Crippen LogP contribution in [0.15, 0.2) is 72.9 Å². The molecule has 1 amide bonds. The maximum Gasteiger partial charge on any atom is 0.268 e. The molecule has 0 aliphatic rings. The Morgan fingerprint density at radius 2 is 0.952 bits per heavy atom. The molecule has 360 valence electrons. The van der Waals surface area contributed by atoms with E-state index >= 15 is 0 Å². The monoisotopic (exact) mass is 889 g/mol. The molecule has 0 rings (SSSR count). The first kappa shape index (κ1) is 59.9. The largest absolute Gasteiger partial charge is 0.756 e. The van der Waals surface area contributed by atoms with Crippen LogP contribution in [0.3, 0.4) is 0 Å². The smallest absolute Gasteiger partial charge is 0.268 e. The van der Waals surface area contributed by atoms with Crippen LogP contribution >= 0.6 is 7.82 Å². The van der Waals surface area contributed by atoms with Gasteiger partial charge < -0.3 is 28.8 Å². The lowest BCUT2D eigenvalue weighted by Crippen LogP contribution is -2.46. The van der Waals surface area contributed by atoms with Gasteiger partial charge in [-0.3, -0.25) is 9.36 Å². The van der Waals surface area contributed by atoms with E-state index in [1.165, 1.54) is 116 Å². The molecule has 0 spiro atoms. The van der Waals surface area contributed by atoms with E-state index in [-0.39, 0.29) is 25.5 Å². The van der Waals surface area contributed by atoms with Gasteiger partial charge in [-0.25, -0.2) is 0 Å². The Morgan fingerprint density at radius 3 is 1.34 bits per heavy atom. The lowest BCUT2D eigenvalue weighted by Gasteiger charge is -2.30. The van der Waals surface area contributed by atoms with E-state index in [9.17, 15) is 19.4 Å². The third kappa shape index (κ3) is 45.9. The van der Waals surface area contributed by atoms with Gasteiger partial charge in [0.1, 0.15) is 13.2 Å². The van der Waals surface area contributed by atoms with Gasteiger partial charge in [0.05, 0.1) is 39.9 Å². The maximum atomic E-state index is 12.9. The van der Waals surface area contributed by atoms with E-state index in [1.807, 2.05) is 33.3 Å². The topological polar surface area (TPSA) is 108 Å². The van der Waals surface area contributed by atoms with Crippen molar-refractivity contribution >= 4 is 13.7 Å². The number of hydrogen-bond donors (Lipinski definition) is 2. The Balaban J connectivity index is 4.39. The van der Waals surface area contributed by atoms with Gasteiger partial charge in [-0.2, -0.15) is 0 Å². The zero-order valence-electron chi connectivity index (χ0n) is 40.8. The van der Waals surface area contributed by atoms with E-state index < -0.39 is 20.0 Å². The number of carbonyl (C=O) groups excluding carboxylic acids is 1. The molecule has 0 heterocycles. The summed E-state index contributed by atoms with van der Waals surface area (Å²) in [5.41, 5.74) is 0. The van der Waals surface area contributed by atoms with Crippen molar-refractivity contribution in [2.24, 2.45) is 0 Å². The zero-order valence-corrected chi connectivity index (χ0v) is 41.7. The number of likely N-dealkylation sites (N-methyl/N-ethyl adjacent to an activating group) is 1. The highest BCUT2D eigenvalue weighted by Gasteiger charge is 2.24. The fourth-order valence-electron chi connectivity index (χ4n) is 7.00. The van der Waals surface area contributed by atoms with Gasteiger partial charge >= 0.3 is 0 Å². The quantitative estimate of drug-likeness (QED) is 0.0273. The number of nitrogens with one attached hydrogen (secondary N) is 1. The minimum atomic E-state index is -4.59. The minimum absolute atomic E-state index is 0.00471. The number of quaternary nitrogens is 1. The summed E-state index contributed by atoms with van der Waals surface area (Å²) < 4.78 is 23.3. The molecular weight excluding hydrogens is 792 g/mol. The maximum absolute atomic E-state index is 12.9. The van der Waals surface area contributed by atoms with E-state index in [1.54, 1.807) is 0 Å². The Morgan fingerprint density at radius 1 is 0.581 bits per heavy atom. The van der Waals surface area contributed by atoms with Crippen LogP contribution in [0.1, 0.15) is 206 Å². The van der Waals surface area contributed by atoms with Crippen molar-refractivity contribution in [3.05, 3.63) is 72.9 Å². The van der Waals surface area contributed by atoms with Crippen molar-refractivity contribution in [3.8, 4) is 0 Å². The van der Waals surface area contributed by atoms with Crippen LogP contribution in [0, 0.1) is 0 Å². The highest BCUT2D eigenvalue weighted by atomic mass is 31.2. The normalized spacial score (nSPS) is 14.8. The predicted octanol–water partition coefficient (Wildman–Crippen LogP) is 14.1. The highest BCUT2D eigenvalue weighted by molar-refractivity contribution is 7.45. The molecule has 8 nitrogen and oxygen atoms in total. The van der Waals surface area contributed by atoms with E-state index in [4.69, 9.17) is 9.05 Å². The zero-order chi connectivity index (χ0) is 45.7. The molecule has 0 saturated carbocycles. The molecule has 3 unspecified atom stereocenters. The van der Waals surface area contributed by atoms with Crippen molar-refractivity contribution in [3.63, 3.8) is 0 Å². The predicted molar refractivity (Wildman–Crippen MR) is 265 cm³/mol. The van der Waals surface area contributed by atoms with Crippen molar-refractivity contribution in [2.75, 3.05) is 40.9 Å². The first-order valence-electron chi connectivity index (χ1n) is 25.3. The summed E-state index contributed by atoms with van der Waals surface area (Å²) in [7, 11) is 1.25. The number of aliphatic hydroxyl groups is 1. The Bertz CT molecular complexity index is 1240. The molecule has 0 aromatic heterocycles. The lowest BCUT2D eigenvalue weighted by molar-refractivity contribution is -0.870. The van der Waals surface area contributed by atoms with Crippen molar-refractivity contribution in [1.29, 1.82) is 0 Å². The van der Waals surface area contributed by atoms with E-state index in [0.717, 1.165) is 57.8 Å². The fourth-order valence-corrected chi connectivity index (χ4v) is 7.73. The summed E-state index contributed by atoms with van der Waals surface area (Å²) in [6, 6.07) is -0.845. The van der Waals surface area contributed by atoms with E-state index in [2.05, 4.69) is 79.9 Å². The highest BCUT2D eigenvalue weighted by Crippen LogP contribution is 2.38. The Hall–Kier alpha value is -2.06. The SMILES string of the molecule is CC/C=C\C/C=C\C/C=C\C/C=C\C/C=C\C/C=C\CCC(=O)NC(COP(=O)([O-])OCC[N+](C)(C)C)C(O)CCCCCCCCCCCCCCCCCCCCCCC. The molecular formula is C53H97N2O6P. The van der Waals surface area contributed by atoms with Crippen LogP contribution in [0.25, 0.3) is 0 Å². The summed E-state index contributed by atoms with van der Waals surface area (Å²) in [5.74, 6) is -0.248. The van der Waals surface area contributed by atoms with Crippen LogP contribution in [0.4, 0.5) is 0 Å². The number of nitrogens with zero attached hydrogens (tertiary/aromatic N) is 1. The number of phosphoric ester groups is 1. The minimum Gasteiger partial charge on any atom is -0.756 e. The molecule has 3 atom stereocenters. The second kappa shape index (κ2) is 44.2. The number of rotatable bonds is 45. The number of phosphoric acid groups is 1. The van der Waals surface area contributed by atoms with Gasteiger partial charge in [0, 0.05) is 6.42 Å². The van der Waals surface area contributed by atoms with Gasteiger partial charge in [-0.05, 0) is 51.4 Å². The number of carbonyl (C=O) groups is 1. The first-order valence-corrected chi connectivity index (χ1v) is 26.7. The van der Waals surface area contributed by atoms with Crippen LogP contribution in [0.5, 0.6) is 0 Å². The van der Waals surface area contributed by atoms with Gasteiger partial charge in [0.15, 0.2) is 0 Å². The Kier molecular flexibility index (Phi) is 42.7. The number of unbranched alkanes of at least 4 members (excludes halogenated alkanes) is 20. The molecule has 2 N–H and O–H groups in total. The van der Waals surface area contributed by atoms with Gasteiger partial charge in [-0.15, -0.1) is 0 Å². The van der Waals surface area contributed by atoms with E-state index in [0.29, 0.717) is 23.9 Å². The molecule has 62 heavy (non-hydrogen) atoms. The number of allylic oxidation sites excluding steroid dienone is 12. The van der Waals surface area contributed by atoms with Crippen molar-refractivity contribution < 1.29 is 32.9 Å². The molecule has 0 bridgehead atoms. The van der Waals surface area contributed by atoms with Crippen LogP contribution in [-0.4, -0.2) is 68.5 Å². The third-order valence-electron chi connectivity index (χ3n) is 11.0. The number of amides is 1. The third-order valence-corrected chi connectivity index (χ3v) is 11.9. The summed E-state index contributed by atoms with van der Waals surface area (Å²) >= 11 is 0. The van der Waals surface area contributed by atoms with Crippen molar-refractivity contribution in [1.82, 2.24) is 5.32 Å². The summed E-state index contributed by atoms with van der Waals surface area (Å²) in [6.07, 6.45) is 59.3. The van der Waals surface area contributed by atoms with Gasteiger partial charge in [-0.1, -0.05) is 222 Å². The second-order valence-electron chi connectivity index (χ2n) is 18.1. The molecule has 0 aromatic carbocycles. The van der Waals surface area contributed by atoms with Gasteiger partial charge in [0.2, 0.25) is 5.91 Å². The molecule has 0 aliphatic heterocycles. The first-order chi connectivity index (χ1) is 30.0.